The number of carbonyl (C=O) groups excluding carboxylic acids is 2. The third-order valence-electron chi connectivity index (χ3n) is 5.39. The average Bonchev–Trinajstić information content (AvgIpc) is 3.01. The van der Waals surface area contributed by atoms with Gasteiger partial charge in [0.25, 0.3) is 11.8 Å². The molecule has 2 aromatic carbocycles. The van der Waals surface area contributed by atoms with E-state index in [9.17, 15) is 9.59 Å². The zero-order chi connectivity index (χ0) is 21.5. The van der Waals surface area contributed by atoms with Crippen molar-refractivity contribution in [2.24, 2.45) is 0 Å². The third kappa shape index (κ3) is 5.53. The molecule has 6 heteroatoms. The number of hydrogen-bond donors (Lipinski definition) is 0. The molecule has 2 aromatic rings. The molecule has 2 amide bonds. The Morgan fingerprint density at radius 3 is 2.13 bits per heavy atom. The lowest BCUT2D eigenvalue weighted by Crippen LogP contribution is -2.39. The van der Waals surface area contributed by atoms with Crippen LogP contribution < -0.4 is 9.47 Å². The molecule has 1 fully saturated rings. The molecule has 1 saturated heterocycles. The molecule has 1 heterocycles. The summed E-state index contributed by atoms with van der Waals surface area (Å²) in [7, 11) is 0. The van der Waals surface area contributed by atoms with Gasteiger partial charge < -0.3 is 19.3 Å². The predicted octanol–water partition coefficient (Wildman–Crippen LogP) is 3.46. The molecule has 0 aromatic heterocycles. The van der Waals surface area contributed by atoms with Gasteiger partial charge in [-0.3, -0.25) is 9.59 Å². The first-order valence-electron chi connectivity index (χ1n) is 10.5. The summed E-state index contributed by atoms with van der Waals surface area (Å²) in [6, 6.07) is 13.0. The maximum absolute atomic E-state index is 12.9. The van der Waals surface area contributed by atoms with Crippen LogP contribution in [0.25, 0.3) is 0 Å². The lowest BCUT2D eigenvalue weighted by molar-refractivity contribution is -0.133. The Hall–Kier alpha value is -3.02. The van der Waals surface area contributed by atoms with Crippen LogP contribution >= 0.6 is 0 Å². The van der Waals surface area contributed by atoms with Crippen LogP contribution in [0, 0.1) is 13.8 Å². The highest BCUT2D eigenvalue weighted by Crippen LogP contribution is 2.18. The second kappa shape index (κ2) is 10.1. The van der Waals surface area contributed by atoms with Crippen molar-refractivity contribution in [1.82, 2.24) is 9.80 Å². The summed E-state index contributed by atoms with van der Waals surface area (Å²) < 4.78 is 11.0. The van der Waals surface area contributed by atoms with Gasteiger partial charge in [0.1, 0.15) is 11.5 Å². The monoisotopic (exact) mass is 410 g/mol. The molecule has 0 aliphatic carbocycles. The van der Waals surface area contributed by atoms with Crippen molar-refractivity contribution >= 4 is 11.8 Å². The van der Waals surface area contributed by atoms with E-state index in [1.165, 1.54) is 5.56 Å². The van der Waals surface area contributed by atoms with Crippen molar-refractivity contribution in [3.63, 3.8) is 0 Å². The summed E-state index contributed by atoms with van der Waals surface area (Å²) in [4.78, 5) is 29.1. The summed E-state index contributed by atoms with van der Waals surface area (Å²) in [6.07, 6.45) is 0.755. The van der Waals surface area contributed by atoms with Gasteiger partial charge in [-0.05, 0) is 74.7 Å². The van der Waals surface area contributed by atoms with E-state index in [-0.39, 0.29) is 18.4 Å². The second-order valence-electron chi connectivity index (χ2n) is 7.52. The van der Waals surface area contributed by atoms with Crippen molar-refractivity contribution in [2.75, 3.05) is 39.4 Å². The van der Waals surface area contributed by atoms with Crippen LogP contribution in [-0.4, -0.2) is 61.0 Å². The Morgan fingerprint density at radius 2 is 1.47 bits per heavy atom. The quantitative estimate of drug-likeness (QED) is 0.732. The molecule has 0 radical (unpaired) electrons. The first-order valence-corrected chi connectivity index (χ1v) is 10.5. The molecule has 1 aliphatic rings. The fraction of sp³-hybridized carbons (Fsp3) is 0.417. The Bertz CT molecular complexity index is 879. The fourth-order valence-electron chi connectivity index (χ4n) is 3.46. The lowest BCUT2D eigenvalue weighted by atomic mass is 10.1. The van der Waals surface area contributed by atoms with E-state index in [1.54, 1.807) is 17.0 Å². The Kier molecular flexibility index (Phi) is 7.33. The zero-order valence-electron chi connectivity index (χ0n) is 18.0. The molecule has 6 nitrogen and oxygen atoms in total. The standard InChI is InChI=1S/C24H30N2O4/c1-4-29-21-8-10-22(11-9-21)30-17-23(27)25-12-5-13-26(15-14-25)24(28)20-7-6-18(2)19(3)16-20/h6-11,16H,4-5,12-15,17H2,1-3H3. The SMILES string of the molecule is CCOc1ccc(OCC(=O)N2CCCN(C(=O)c3ccc(C)c(C)c3)CC2)cc1. The smallest absolute Gasteiger partial charge is 0.260 e. The van der Waals surface area contributed by atoms with E-state index in [0.29, 0.717) is 44.1 Å². The number of benzene rings is 2. The molecular weight excluding hydrogens is 380 g/mol. The highest BCUT2D eigenvalue weighted by atomic mass is 16.5. The van der Waals surface area contributed by atoms with Gasteiger partial charge in [0.15, 0.2) is 6.61 Å². The van der Waals surface area contributed by atoms with E-state index in [2.05, 4.69) is 0 Å². The van der Waals surface area contributed by atoms with Crippen molar-refractivity contribution in [1.29, 1.82) is 0 Å². The minimum Gasteiger partial charge on any atom is -0.494 e. The molecule has 0 bridgehead atoms. The summed E-state index contributed by atoms with van der Waals surface area (Å²) >= 11 is 0. The van der Waals surface area contributed by atoms with Crippen LogP contribution in [0.1, 0.15) is 34.8 Å². The number of amides is 2. The normalized spacial score (nSPS) is 14.2. The molecule has 0 spiro atoms. The van der Waals surface area contributed by atoms with Crippen molar-refractivity contribution in [2.45, 2.75) is 27.2 Å². The highest BCUT2D eigenvalue weighted by Gasteiger charge is 2.23. The fourth-order valence-corrected chi connectivity index (χ4v) is 3.46. The van der Waals surface area contributed by atoms with Crippen molar-refractivity contribution in [3.8, 4) is 11.5 Å². The highest BCUT2D eigenvalue weighted by molar-refractivity contribution is 5.94. The molecule has 30 heavy (non-hydrogen) atoms. The first-order chi connectivity index (χ1) is 14.5. The predicted molar refractivity (Wildman–Crippen MR) is 116 cm³/mol. The Morgan fingerprint density at radius 1 is 0.833 bits per heavy atom. The maximum atomic E-state index is 12.9. The summed E-state index contributed by atoms with van der Waals surface area (Å²) in [5.74, 6) is 1.37. The summed E-state index contributed by atoms with van der Waals surface area (Å²) in [5, 5.41) is 0. The number of nitrogens with zero attached hydrogens (tertiary/aromatic N) is 2. The first kappa shape index (κ1) is 21.7. The van der Waals surface area contributed by atoms with Crippen LogP contribution in [0.5, 0.6) is 11.5 Å². The topological polar surface area (TPSA) is 59.1 Å². The van der Waals surface area contributed by atoms with Crippen LogP contribution in [0.3, 0.4) is 0 Å². The van der Waals surface area contributed by atoms with Crippen molar-refractivity contribution in [3.05, 3.63) is 59.2 Å². The molecule has 1 aliphatic heterocycles. The summed E-state index contributed by atoms with van der Waals surface area (Å²) in [5.41, 5.74) is 2.99. The van der Waals surface area contributed by atoms with Gasteiger partial charge in [-0.2, -0.15) is 0 Å². The van der Waals surface area contributed by atoms with E-state index in [0.717, 1.165) is 17.7 Å². The van der Waals surface area contributed by atoms with E-state index < -0.39 is 0 Å². The van der Waals surface area contributed by atoms with Gasteiger partial charge in [-0.15, -0.1) is 0 Å². The molecule has 0 N–H and O–H groups in total. The molecule has 0 saturated carbocycles. The number of aryl methyl sites for hydroxylation is 2. The number of ether oxygens (including phenoxy) is 2. The average molecular weight is 411 g/mol. The molecule has 0 unspecified atom stereocenters. The van der Waals surface area contributed by atoms with Crippen LogP contribution in [0.2, 0.25) is 0 Å². The third-order valence-corrected chi connectivity index (χ3v) is 5.39. The van der Waals surface area contributed by atoms with Gasteiger partial charge in [-0.25, -0.2) is 0 Å². The molecule has 160 valence electrons. The second-order valence-corrected chi connectivity index (χ2v) is 7.52. The van der Waals surface area contributed by atoms with E-state index >= 15 is 0 Å². The Balaban J connectivity index is 1.51. The maximum Gasteiger partial charge on any atom is 0.260 e. The Labute approximate surface area is 178 Å². The number of hydrogen-bond acceptors (Lipinski definition) is 4. The van der Waals surface area contributed by atoms with Crippen LogP contribution in [0.15, 0.2) is 42.5 Å². The number of carbonyl (C=O) groups is 2. The van der Waals surface area contributed by atoms with Gasteiger partial charge in [0, 0.05) is 31.7 Å². The largest absolute Gasteiger partial charge is 0.494 e. The van der Waals surface area contributed by atoms with Gasteiger partial charge in [0.2, 0.25) is 0 Å². The minimum atomic E-state index is -0.0654. The molecule has 0 atom stereocenters. The van der Waals surface area contributed by atoms with Gasteiger partial charge >= 0.3 is 0 Å². The zero-order valence-corrected chi connectivity index (χ0v) is 18.0. The van der Waals surface area contributed by atoms with Crippen LogP contribution in [0.4, 0.5) is 0 Å². The summed E-state index contributed by atoms with van der Waals surface area (Å²) in [6.45, 7) is 8.89. The molecule has 3 rings (SSSR count). The lowest BCUT2D eigenvalue weighted by Gasteiger charge is -2.22. The van der Waals surface area contributed by atoms with E-state index in [1.807, 2.05) is 56.0 Å². The molecular formula is C24H30N2O4. The van der Waals surface area contributed by atoms with Gasteiger partial charge in [0.05, 0.1) is 6.61 Å². The van der Waals surface area contributed by atoms with Crippen molar-refractivity contribution < 1.29 is 19.1 Å². The number of rotatable bonds is 6. The van der Waals surface area contributed by atoms with Gasteiger partial charge in [-0.1, -0.05) is 6.07 Å². The van der Waals surface area contributed by atoms with Crippen LogP contribution in [-0.2, 0) is 4.79 Å². The van der Waals surface area contributed by atoms with E-state index in [4.69, 9.17) is 9.47 Å². The minimum absolute atomic E-state index is 0.0148.